The van der Waals surface area contributed by atoms with E-state index < -0.39 is 17.1 Å². The number of carbonyl (C=O) groups excluding carboxylic acids is 1. The molecule has 2 N–H and O–H groups in total. The second-order valence-electron chi connectivity index (χ2n) is 11.8. The Hall–Kier alpha value is -3.16. The third kappa shape index (κ3) is 2.01. The summed E-state index contributed by atoms with van der Waals surface area (Å²) in [6.07, 6.45) is 3.94. The molecule has 2 fully saturated rings. The summed E-state index contributed by atoms with van der Waals surface area (Å²) < 4.78 is 6.66. The lowest BCUT2D eigenvalue weighted by Crippen LogP contribution is -2.74. The van der Waals surface area contributed by atoms with Gasteiger partial charge in [-0.15, -0.1) is 0 Å². The van der Waals surface area contributed by atoms with Gasteiger partial charge < -0.3 is 19.8 Å². The van der Waals surface area contributed by atoms with E-state index in [9.17, 15) is 15.0 Å². The zero-order valence-electron chi connectivity index (χ0n) is 20.1. The van der Waals surface area contributed by atoms with E-state index >= 15 is 0 Å². The number of aliphatic hydroxyl groups is 1. The van der Waals surface area contributed by atoms with Gasteiger partial charge in [0.2, 0.25) is 0 Å². The smallest absolute Gasteiger partial charge is 0.258 e. The van der Waals surface area contributed by atoms with Crippen LogP contribution in [-0.4, -0.2) is 57.8 Å². The van der Waals surface area contributed by atoms with Gasteiger partial charge in [0.25, 0.3) is 5.91 Å². The maximum Gasteiger partial charge on any atom is 0.258 e. The molecule has 2 aromatic carbocycles. The number of fused-ring (bicyclic) bond motifs is 3. The van der Waals surface area contributed by atoms with Gasteiger partial charge in [0.1, 0.15) is 0 Å². The molecule has 36 heavy (non-hydrogen) atoms. The molecule has 1 saturated heterocycles. The maximum atomic E-state index is 13.2. The third-order valence-electron chi connectivity index (χ3n) is 10.2. The first-order valence-corrected chi connectivity index (χ1v) is 13.1. The Balaban J connectivity index is 1.36. The average Bonchev–Trinajstić information content (AvgIpc) is 3.55. The third-order valence-corrected chi connectivity index (χ3v) is 10.2. The molecule has 0 radical (unpaired) electrons. The summed E-state index contributed by atoms with van der Waals surface area (Å²) in [5, 5.41) is 24.7. The molecule has 3 aliphatic heterocycles. The van der Waals surface area contributed by atoms with Crippen LogP contribution in [-0.2, 0) is 18.3 Å². The highest BCUT2D eigenvalue weighted by Crippen LogP contribution is 2.69. The largest absolute Gasteiger partial charge is 0.504 e. The number of aromatic nitrogens is 1. The van der Waals surface area contributed by atoms with Crippen molar-refractivity contribution in [1.29, 1.82) is 0 Å². The van der Waals surface area contributed by atoms with Crippen molar-refractivity contribution in [2.45, 2.75) is 55.3 Å². The molecule has 2 bridgehead atoms. The van der Waals surface area contributed by atoms with Crippen molar-refractivity contribution in [2.75, 3.05) is 25.0 Å². The van der Waals surface area contributed by atoms with E-state index in [0.717, 1.165) is 65.3 Å². The van der Waals surface area contributed by atoms with E-state index in [4.69, 9.17) is 9.72 Å². The Morgan fingerprint density at radius 1 is 1.22 bits per heavy atom. The van der Waals surface area contributed by atoms with Crippen molar-refractivity contribution in [1.82, 2.24) is 9.88 Å². The fourth-order valence-corrected chi connectivity index (χ4v) is 8.50. The second-order valence-corrected chi connectivity index (χ2v) is 11.8. The molecular formula is C29H27N3O4. The first-order chi connectivity index (χ1) is 17.4. The fourth-order valence-electron chi connectivity index (χ4n) is 8.50. The predicted molar refractivity (Wildman–Crippen MR) is 133 cm³/mol. The molecule has 3 aromatic rings. The van der Waals surface area contributed by atoms with Crippen LogP contribution in [0, 0.1) is 5.92 Å². The summed E-state index contributed by atoms with van der Waals surface area (Å²) in [6.45, 7) is 1.92. The number of carbonyl (C=O) groups is 1. The summed E-state index contributed by atoms with van der Waals surface area (Å²) in [4.78, 5) is 22.6. The number of piperidine rings is 1. The van der Waals surface area contributed by atoms with Gasteiger partial charge in [-0.2, -0.15) is 0 Å². The lowest BCUT2D eigenvalue weighted by atomic mass is 9.48. The fraction of sp³-hybridized carbons (Fsp3) is 0.448. The topological polar surface area (TPSA) is 86.1 Å². The SMILES string of the molecule is CN1C(=O)c2cccc3nc4c(c1c23)C[C@@]1(O)[C@H]2Cc3ccc(O)c5c3[C@@]1(CCN2CC1CC1)[C@H]4O5. The Bertz CT molecular complexity index is 1560. The van der Waals surface area contributed by atoms with Crippen molar-refractivity contribution in [3.05, 3.63) is 58.3 Å². The first kappa shape index (κ1) is 20.0. The van der Waals surface area contributed by atoms with Gasteiger partial charge in [0.05, 0.1) is 33.5 Å². The molecule has 4 atom stereocenters. The molecule has 3 aliphatic carbocycles. The van der Waals surface area contributed by atoms with Crippen LogP contribution >= 0.6 is 0 Å². The highest BCUT2D eigenvalue weighted by molar-refractivity contribution is 6.25. The van der Waals surface area contributed by atoms with Gasteiger partial charge in [-0.3, -0.25) is 9.69 Å². The lowest BCUT2D eigenvalue weighted by molar-refractivity contribution is -0.173. The monoisotopic (exact) mass is 481 g/mol. The van der Waals surface area contributed by atoms with E-state index in [1.165, 1.54) is 18.4 Å². The lowest BCUT2D eigenvalue weighted by Gasteiger charge is -2.63. The van der Waals surface area contributed by atoms with Crippen molar-refractivity contribution >= 4 is 22.5 Å². The first-order valence-electron chi connectivity index (χ1n) is 13.1. The van der Waals surface area contributed by atoms with E-state index in [0.29, 0.717) is 17.7 Å². The molecule has 1 spiro atoms. The highest BCUT2D eigenvalue weighted by atomic mass is 16.5. The zero-order chi connectivity index (χ0) is 24.1. The summed E-state index contributed by atoms with van der Waals surface area (Å²) in [5.74, 6) is 1.32. The molecule has 1 aromatic heterocycles. The minimum atomic E-state index is -1.09. The number of phenols is 1. The van der Waals surface area contributed by atoms with Crippen molar-refractivity contribution < 1.29 is 19.7 Å². The van der Waals surface area contributed by atoms with Crippen LogP contribution in [0.5, 0.6) is 11.5 Å². The van der Waals surface area contributed by atoms with Crippen LogP contribution in [0.3, 0.4) is 0 Å². The van der Waals surface area contributed by atoms with Crippen LogP contribution in [0.4, 0.5) is 5.69 Å². The Kier molecular flexibility index (Phi) is 3.35. The van der Waals surface area contributed by atoms with Crippen LogP contribution < -0.4 is 9.64 Å². The summed E-state index contributed by atoms with van der Waals surface area (Å²) in [6, 6.07) is 9.42. The number of aromatic hydroxyl groups is 1. The highest BCUT2D eigenvalue weighted by Gasteiger charge is 2.73. The van der Waals surface area contributed by atoms with Crippen molar-refractivity contribution in [3.8, 4) is 11.5 Å². The van der Waals surface area contributed by atoms with Crippen molar-refractivity contribution in [2.24, 2.45) is 5.92 Å². The number of rotatable bonds is 2. The number of anilines is 1. The molecule has 182 valence electrons. The van der Waals surface area contributed by atoms with E-state index in [1.807, 2.05) is 31.3 Å². The average molecular weight is 482 g/mol. The Morgan fingerprint density at radius 2 is 2.08 bits per heavy atom. The van der Waals surface area contributed by atoms with Gasteiger partial charge >= 0.3 is 0 Å². The number of hydrogen-bond donors (Lipinski definition) is 2. The van der Waals surface area contributed by atoms with E-state index in [2.05, 4.69) is 4.90 Å². The van der Waals surface area contributed by atoms with Gasteiger partial charge in [0.15, 0.2) is 17.6 Å². The van der Waals surface area contributed by atoms with Crippen LogP contribution in [0.1, 0.15) is 58.1 Å². The molecular weight excluding hydrogens is 454 g/mol. The van der Waals surface area contributed by atoms with Crippen LogP contribution in [0.15, 0.2) is 30.3 Å². The number of nitrogens with zero attached hydrogens (tertiary/aromatic N) is 3. The Morgan fingerprint density at radius 3 is 2.92 bits per heavy atom. The standard InChI is InChI=1S/C29H27N3O4/c1-31-24-17-12-29(35)20-11-15-7-8-19(33)25-22(15)28(29,9-10-32(20)13-14-5-6-14)26(36-25)23(17)30-18-4-2-3-16(21(18)24)27(31)34/h2-4,7-8,14,20,26,33,35H,5-6,9-13H2,1H3/t20-,26+,28+,29-/m1/s1. The van der Waals surface area contributed by atoms with E-state index in [-0.39, 0.29) is 17.7 Å². The minimum Gasteiger partial charge on any atom is -0.504 e. The number of phenolic OH excluding ortho intramolecular Hbond substituents is 1. The summed E-state index contributed by atoms with van der Waals surface area (Å²) >= 11 is 0. The normalized spacial score (nSPS) is 33.1. The maximum absolute atomic E-state index is 13.2. The molecule has 7 nitrogen and oxygen atoms in total. The number of hydrogen-bond acceptors (Lipinski definition) is 6. The number of likely N-dealkylation sites (tertiary alicyclic amines) is 1. The van der Waals surface area contributed by atoms with Crippen LogP contribution in [0.25, 0.3) is 10.9 Å². The minimum absolute atomic E-state index is 0.0344. The number of benzene rings is 2. The molecule has 1 saturated carbocycles. The molecule has 9 rings (SSSR count). The molecule has 7 heteroatoms. The number of ether oxygens (including phenoxy) is 1. The van der Waals surface area contributed by atoms with E-state index in [1.54, 1.807) is 11.0 Å². The molecule has 4 heterocycles. The summed E-state index contributed by atoms with van der Waals surface area (Å²) in [5.41, 5.74) is 4.43. The predicted octanol–water partition coefficient (Wildman–Crippen LogP) is 3.23. The molecule has 1 amide bonds. The molecule has 0 unspecified atom stereocenters. The van der Waals surface area contributed by atoms with Gasteiger partial charge in [-0.05, 0) is 61.9 Å². The molecule has 6 aliphatic rings. The van der Waals surface area contributed by atoms with Crippen molar-refractivity contribution in [3.63, 3.8) is 0 Å². The summed E-state index contributed by atoms with van der Waals surface area (Å²) in [7, 11) is 1.82. The quantitative estimate of drug-likeness (QED) is 0.585. The van der Waals surface area contributed by atoms with Gasteiger partial charge in [0, 0.05) is 42.6 Å². The van der Waals surface area contributed by atoms with Gasteiger partial charge in [-0.1, -0.05) is 12.1 Å². The Labute approximate surface area is 208 Å². The van der Waals surface area contributed by atoms with Gasteiger partial charge in [-0.25, -0.2) is 4.98 Å². The van der Waals surface area contributed by atoms with Crippen LogP contribution in [0.2, 0.25) is 0 Å². The number of amides is 1. The number of pyridine rings is 1. The second kappa shape index (κ2) is 6.03. The zero-order valence-corrected chi connectivity index (χ0v) is 20.1.